The van der Waals surface area contributed by atoms with Crippen LogP contribution in [0.4, 0.5) is 18.9 Å². The highest BCUT2D eigenvalue weighted by Crippen LogP contribution is 2.33. The molecule has 166 valence electrons. The van der Waals surface area contributed by atoms with E-state index in [-0.39, 0.29) is 23.6 Å². The molecule has 0 aliphatic carbocycles. The highest BCUT2D eigenvalue weighted by molar-refractivity contribution is 6.30. The lowest BCUT2D eigenvalue weighted by atomic mass is 10.2. The van der Waals surface area contributed by atoms with E-state index in [0.29, 0.717) is 15.3 Å². The lowest BCUT2D eigenvalue weighted by Crippen LogP contribution is -2.21. The summed E-state index contributed by atoms with van der Waals surface area (Å²) in [5.74, 6) is -0.951. The summed E-state index contributed by atoms with van der Waals surface area (Å²) in [7, 11) is 0. The molecule has 0 atom stereocenters. The van der Waals surface area contributed by atoms with Crippen LogP contribution in [0.15, 0.2) is 55.1 Å². The van der Waals surface area contributed by atoms with Crippen molar-refractivity contribution in [2.45, 2.75) is 12.7 Å². The van der Waals surface area contributed by atoms with E-state index in [0.717, 1.165) is 11.0 Å². The third-order valence-corrected chi connectivity index (χ3v) is 4.70. The monoisotopic (exact) mass is 472 g/mol. The molecular formula is C20H12ClF3N8O. The van der Waals surface area contributed by atoms with Gasteiger partial charge in [0.2, 0.25) is 0 Å². The van der Waals surface area contributed by atoms with Crippen LogP contribution in [0.2, 0.25) is 5.02 Å². The summed E-state index contributed by atoms with van der Waals surface area (Å²) in [6.07, 6.45) is -0.0450. The van der Waals surface area contributed by atoms with Crippen molar-refractivity contribution in [3.05, 3.63) is 82.5 Å². The molecule has 0 saturated heterocycles. The predicted molar refractivity (Wildman–Crippen MR) is 110 cm³/mol. The molecule has 0 aliphatic rings. The van der Waals surface area contributed by atoms with E-state index in [4.69, 9.17) is 11.6 Å². The number of anilines is 1. The molecule has 3 aromatic heterocycles. The van der Waals surface area contributed by atoms with E-state index in [1.807, 2.05) is 6.07 Å². The number of benzene rings is 1. The smallest absolute Gasteiger partial charge is 0.320 e. The van der Waals surface area contributed by atoms with Crippen LogP contribution in [0.1, 0.15) is 27.2 Å². The molecule has 0 aliphatic heterocycles. The highest BCUT2D eigenvalue weighted by Gasteiger charge is 2.40. The molecule has 0 saturated carbocycles. The van der Waals surface area contributed by atoms with E-state index in [1.165, 1.54) is 24.7 Å². The minimum Gasteiger partial charge on any atom is -0.320 e. The summed E-state index contributed by atoms with van der Waals surface area (Å²) in [5, 5.41) is 23.6. The Kier molecular flexibility index (Phi) is 5.80. The number of halogens is 4. The zero-order chi connectivity index (χ0) is 23.6. The predicted octanol–water partition coefficient (Wildman–Crippen LogP) is 3.70. The van der Waals surface area contributed by atoms with Crippen molar-refractivity contribution >= 4 is 23.2 Å². The molecule has 1 amide bonds. The van der Waals surface area contributed by atoms with Crippen molar-refractivity contribution < 1.29 is 18.0 Å². The SMILES string of the molecule is N#Cc1cc(NC(=O)c2cnn(Cc3ccc(Cl)cc3)c2C(F)(F)F)cnc1-n1nccn1. The zero-order valence-corrected chi connectivity index (χ0v) is 17.2. The highest BCUT2D eigenvalue weighted by atomic mass is 35.5. The van der Waals surface area contributed by atoms with Gasteiger partial charge in [-0.15, -0.1) is 4.80 Å². The van der Waals surface area contributed by atoms with Gasteiger partial charge in [-0.05, 0) is 23.8 Å². The second kappa shape index (κ2) is 8.71. The van der Waals surface area contributed by atoms with Gasteiger partial charge in [-0.25, -0.2) is 4.98 Å². The number of nitrogens with one attached hydrogen (secondary N) is 1. The van der Waals surface area contributed by atoms with Gasteiger partial charge < -0.3 is 5.32 Å². The fourth-order valence-corrected chi connectivity index (χ4v) is 3.15. The summed E-state index contributed by atoms with van der Waals surface area (Å²) in [6.45, 7) is -0.217. The molecule has 0 fully saturated rings. The molecule has 13 heteroatoms. The van der Waals surface area contributed by atoms with Gasteiger partial charge in [0.15, 0.2) is 11.5 Å². The third kappa shape index (κ3) is 4.68. The number of carbonyl (C=O) groups is 1. The number of hydrogen-bond acceptors (Lipinski definition) is 6. The first kappa shape index (κ1) is 22.0. The van der Waals surface area contributed by atoms with Crippen LogP contribution < -0.4 is 5.32 Å². The fraction of sp³-hybridized carbons (Fsp3) is 0.100. The summed E-state index contributed by atoms with van der Waals surface area (Å²) in [6, 6.07) is 9.37. The molecular weight excluding hydrogens is 461 g/mol. The maximum atomic E-state index is 13.8. The van der Waals surface area contributed by atoms with Crippen LogP contribution in [-0.2, 0) is 12.7 Å². The molecule has 0 spiro atoms. The maximum absolute atomic E-state index is 13.8. The second-order valence-corrected chi connectivity index (χ2v) is 7.10. The summed E-state index contributed by atoms with van der Waals surface area (Å²) < 4.78 is 42.1. The third-order valence-electron chi connectivity index (χ3n) is 4.45. The van der Waals surface area contributed by atoms with Gasteiger partial charge >= 0.3 is 6.18 Å². The van der Waals surface area contributed by atoms with Gasteiger partial charge in [-0.2, -0.15) is 33.7 Å². The molecule has 0 radical (unpaired) electrons. The average Bonchev–Trinajstić information content (AvgIpc) is 3.45. The number of carbonyl (C=O) groups excluding carboxylic acids is 1. The van der Waals surface area contributed by atoms with E-state index in [2.05, 4.69) is 25.6 Å². The minimum atomic E-state index is -4.85. The Morgan fingerprint density at radius 2 is 1.82 bits per heavy atom. The van der Waals surface area contributed by atoms with Gasteiger partial charge in [-0.3, -0.25) is 9.48 Å². The Morgan fingerprint density at radius 3 is 2.45 bits per heavy atom. The van der Waals surface area contributed by atoms with Crippen LogP contribution in [0.3, 0.4) is 0 Å². The maximum Gasteiger partial charge on any atom is 0.433 e. The van der Waals surface area contributed by atoms with Crippen LogP contribution in [0.5, 0.6) is 0 Å². The first-order valence-corrected chi connectivity index (χ1v) is 9.59. The van der Waals surface area contributed by atoms with Gasteiger partial charge in [0, 0.05) is 5.02 Å². The van der Waals surface area contributed by atoms with Crippen molar-refractivity contribution in [2.75, 3.05) is 5.32 Å². The molecule has 4 rings (SSSR count). The topological polar surface area (TPSA) is 114 Å². The van der Waals surface area contributed by atoms with Gasteiger partial charge in [0.05, 0.1) is 42.6 Å². The zero-order valence-electron chi connectivity index (χ0n) is 16.5. The Labute approximate surface area is 189 Å². The number of pyridine rings is 1. The Bertz CT molecular complexity index is 1340. The number of aromatic nitrogens is 6. The summed E-state index contributed by atoms with van der Waals surface area (Å²) in [5.41, 5.74) is -1.33. The normalized spacial score (nSPS) is 11.2. The molecule has 9 nitrogen and oxygen atoms in total. The van der Waals surface area contributed by atoms with Crippen molar-refractivity contribution in [1.82, 2.24) is 29.8 Å². The van der Waals surface area contributed by atoms with Crippen LogP contribution >= 0.6 is 11.6 Å². The number of amides is 1. The van der Waals surface area contributed by atoms with E-state index in [9.17, 15) is 23.2 Å². The Balaban J connectivity index is 1.63. The van der Waals surface area contributed by atoms with E-state index in [1.54, 1.807) is 24.3 Å². The summed E-state index contributed by atoms with van der Waals surface area (Å²) in [4.78, 5) is 17.8. The van der Waals surface area contributed by atoms with Crippen LogP contribution in [-0.4, -0.2) is 35.7 Å². The van der Waals surface area contributed by atoms with Crippen LogP contribution in [0.25, 0.3) is 5.82 Å². The molecule has 4 aromatic rings. The number of alkyl halides is 3. The Morgan fingerprint density at radius 1 is 1.12 bits per heavy atom. The second-order valence-electron chi connectivity index (χ2n) is 6.67. The molecule has 1 aromatic carbocycles. The lowest BCUT2D eigenvalue weighted by molar-refractivity contribution is -0.144. The number of hydrogen-bond donors (Lipinski definition) is 1. The molecule has 0 bridgehead atoms. The lowest BCUT2D eigenvalue weighted by Gasteiger charge is -2.13. The van der Waals surface area contributed by atoms with Gasteiger partial charge in [0.25, 0.3) is 5.91 Å². The van der Waals surface area contributed by atoms with Crippen molar-refractivity contribution in [1.29, 1.82) is 5.26 Å². The molecule has 1 N–H and O–H groups in total. The summed E-state index contributed by atoms with van der Waals surface area (Å²) >= 11 is 5.81. The first-order valence-electron chi connectivity index (χ1n) is 9.22. The Hall–Kier alpha value is -4.24. The molecule has 0 unspecified atom stereocenters. The molecule has 3 heterocycles. The largest absolute Gasteiger partial charge is 0.433 e. The fourth-order valence-electron chi connectivity index (χ4n) is 3.02. The number of nitrogens with zero attached hydrogens (tertiary/aromatic N) is 7. The average molecular weight is 473 g/mol. The standard InChI is InChI=1S/C20H12ClF3N8O/c21-14-3-1-12(2-4-14)11-31-17(20(22,23)24)16(10-29-31)19(33)30-15-7-13(8-25)18(26-9-15)32-27-5-6-28-32/h1-7,9-10H,11H2,(H,30,33). The van der Waals surface area contributed by atoms with Crippen molar-refractivity contribution in [3.63, 3.8) is 0 Å². The number of rotatable bonds is 5. The van der Waals surface area contributed by atoms with E-state index < -0.39 is 23.3 Å². The number of nitriles is 1. The molecule has 33 heavy (non-hydrogen) atoms. The van der Waals surface area contributed by atoms with E-state index >= 15 is 0 Å². The van der Waals surface area contributed by atoms with Gasteiger partial charge in [0.1, 0.15) is 11.6 Å². The van der Waals surface area contributed by atoms with Crippen molar-refractivity contribution in [2.24, 2.45) is 0 Å². The van der Waals surface area contributed by atoms with Gasteiger partial charge in [-0.1, -0.05) is 23.7 Å². The minimum absolute atomic E-state index is 0.0125. The van der Waals surface area contributed by atoms with Crippen molar-refractivity contribution in [3.8, 4) is 11.9 Å². The quantitative estimate of drug-likeness (QED) is 0.473. The first-order chi connectivity index (χ1) is 15.8. The van der Waals surface area contributed by atoms with Crippen LogP contribution in [0, 0.1) is 11.3 Å².